The lowest BCUT2D eigenvalue weighted by Gasteiger charge is -2.01. The summed E-state index contributed by atoms with van der Waals surface area (Å²) in [5.74, 6) is 0.412. The van der Waals surface area contributed by atoms with Gasteiger partial charge in [0.05, 0.1) is 23.5 Å². The summed E-state index contributed by atoms with van der Waals surface area (Å²) < 4.78 is 1.58. The van der Waals surface area contributed by atoms with E-state index in [4.69, 9.17) is 5.26 Å². The minimum absolute atomic E-state index is 0.342. The summed E-state index contributed by atoms with van der Waals surface area (Å²) in [6.45, 7) is 0. The molecular weight excluding hydrogens is 280 g/mol. The Morgan fingerprint density at radius 3 is 2.95 bits per heavy atom. The number of hydrogen-bond donors (Lipinski definition) is 2. The van der Waals surface area contributed by atoms with Gasteiger partial charge in [0.25, 0.3) is 0 Å². The number of nitrogens with zero attached hydrogens (tertiary/aromatic N) is 4. The normalized spacial score (nSPS) is 10.2. The minimum Gasteiger partial charge on any atom is -0.341 e. The summed E-state index contributed by atoms with van der Waals surface area (Å²) in [4.78, 5) is 15.5. The number of amides is 2. The molecule has 2 amide bonds. The molecule has 7 heteroatoms. The molecule has 0 fully saturated rings. The van der Waals surface area contributed by atoms with E-state index in [1.165, 1.54) is 7.05 Å². The first-order valence-corrected chi connectivity index (χ1v) is 6.55. The number of benzene rings is 1. The Kier molecular flexibility index (Phi) is 3.42. The van der Waals surface area contributed by atoms with Crippen LogP contribution >= 0.6 is 0 Å². The van der Waals surface area contributed by atoms with Crippen molar-refractivity contribution in [2.75, 3.05) is 12.4 Å². The molecule has 108 valence electrons. The summed E-state index contributed by atoms with van der Waals surface area (Å²) in [5, 5.41) is 18.5. The fourth-order valence-electron chi connectivity index (χ4n) is 2.02. The van der Waals surface area contributed by atoms with E-state index in [2.05, 4.69) is 26.8 Å². The Balaban J connectivity index is 1.99. The Morgan fingerprint density at radius 1 is 1.32 bits per heavy atom. The Hall–Kier alpha value is -3.40. The van der Waals surface area contributed by atoms with Crippen LogP contribution in [0.3, 0.4) is 0 Å². The number of nitrogens with one attached hydrogen (secondary N) is 2. The van der Waals surface area contributed by atoms with E-state index in [0.717, 1.165) is 5.56 Å². The smallest absolute Gasteiger partial charge is 0.320 e. The summed E-state index contributed by atoms with van der Waals surface area (Å²) in [5.41, 5.74) is 2.75. The highest BCUT2D eigenvalue weighted by Gasteiger charge is 2.07. The van der Waals surface area contributed by atoms with Gasteiger partial charge in [-0.1, -0.05) is 12.1 Å². The van der Waals surface area contributed by atoms with Gasteiger partial charge in [-0.25, -0.2) is 14.3 Å². The highest BCUT2D eigenvalue weighted by molar-refractivity contribution is 5.88. The molecule has 2 heterocycles. The third-order valence-electron chi connectivity index (χ3n) is 3.08. The van der Waals surface area contributed by atoms with Gasteiger partial charge in [0.1, 0.15) is 0 Å². The Bertz CT molecular complexity index is 892. The zero-order valence-electron chi connectivity index (χ0n) is 11.7. The molecule has 0 bridgehead atoms. The van der Waals surface area contributed by atoms with Gasteiger partial charge >= 0.3 is 6.03 Å². The second kappa shape index (κ2) is 5.54. The van der Waals surface area contributed by atoms with Crippen LogP contribution in [0, 0.1) is 11.3 Å². The molecule has 2 aromatic heterocycles. The lowest BCUT2D eigenvalue weighted by atomic mass is 10.1. The highest BCUT2D eigenvalue weighted by Crippen LogP contribution is 2.19. The standard InChI is InChI=1S/C15H12N6O/c1-17-15(22)19-13-9-21-14(18-13)6-5-12(20-21)11-4-2-3-10(7-11)8-16/h2-7,9H,1H3,(H2,17,19,22). The van der Waals surface area contributed by atoms with E-state index in [-0.39, 0.29) is 6.03 Å². The molecule has 0 saturated carbocycles. The van der Waals surface area contributed by atoms with Crippen LogP contribution in [0.1, 0.15) is 5.56 Å². The predicted octanol–water partition coefficient (Wildman–Crippen LogP) is 2.02. The van der Waals surface area contributed by atoms with Crippen molar-refractivity contribution in [2.24, 2.45) is 0 Å². The number of fused-ring (bicyclic) bond motifs is 1. The molecule has 22 heavy (non-hydrogen) atoms. The third-order valence-corrected chi connectivity index (χ3v) is 3.08. The molecule has 2 N–H and O–H groups in total. The third kappa shape index (κ3) is 2.58. The van der Waals surface area contributed by atoms with Crippen molar-refractivity contribution in [1.82, 2.24) is 19.9 Å². The van der Waals surface area contributed by atoms with Crippen LogP contribution in [-0.2, 0) is 0 Å². The number of hydrogen-bond acceptors (Lipinski definition) is 4. The fourth-order valence-corrected chi connectivity index (χ4v) is 2.02. The minimum atomic E-state index is -0.342. The van der Waals surface area contributed by atoms with Gasteiger partial charge in [-0.15, -0.1) is 0 Å². The lowest BCUT2D eigenvalue weighted by molar-refractivity contribution is 0.254. The zero-order valence-corrected chi connectivity index (χ0v) is 11.7. The SMILES string of the molecule is CNC(=O)Nc1cn2nc(-c3cccc(C#N)c3)ccc2n1. The maximum Gasteiger partial charge on any atom is 0.320 e. The molecule has 0 saturated heterocycles. The molecule has 0 atom stereocenters. The van der Waals surface area contributed by atoms with Gasteiger partial charge in [0.2, 0.25) is 0 Å². The van der Waals surface area contributed by atoms with Crippen molar-refractivity contribution in [3.8, 4) is 17.3 Å². The molecule has 0 unspecified atom stereocenters. The Labute approximate surface area is 126 Å². The Morgan fingerprint density at radius 2 is 2.18 bits per heavy atom. The number of imidazole rings is 1. The van der Waals surface area contributed by atoms with E-state index in [0.29, 0.717) is 22.7 Å². The first-order chi connectivity index (χ1) is 10.7. The van der Waals surface area contributed by atoms with Gasteiger partial charge in [-0.05, 0) is 24.3 Å². The van der Waals surface area contributed by atoms with Crippen molar-refractivity contribution in [3.63, 3.8) is 0 Å². The summed E-state index contributed by atoms with van der Waals surface area (Å²) >= 11 is 0. The number of anilines is 1. The number of carbonyl (C=O) groups excluding carboxylic acids is 1. The predicted molar refractivity (Wildman–Crippen MR) is 81.2 cm³/mol. The van der Waals surface area contributed by atoms with Crippen molar-refractivity contribution in [3.05, 3.63) is 48.2 Å². The maximum atomic E-state index is 11.3. The molecule has 0 aliphatic rings. The van der Waals surface area contributed by atoms with Gasteiger partial charge in [0.15, 0.2) is 11.5 Å². The first kappa shape index (κ1) is 13.6. The summed E-state index contributed by atoms with van der Waals surface area (Å²) in [6, 6.07) is 12.6. The van der Waals surface area contributed by atoms with E-state index in [1.54, 1.807) is 28.9 Å². The van der Waals surface area contributed by atoms with Crippen LogP contribution in [0.25, 0.3) is 16.9 Å². The molecule has 0 aliphatic carbocycles. The van der Waals surface area contributed by atoms with Gasteiger partial charge in [-0.2, -0.15) is 10.4 Å². The number of nitriles is 1. The van der Waals surface area contributed by atoms with Gasteiger partial charge in [0, 0.05) is 12.6 Å². The van der Waals surface area contributed by atoms with Crippen LogP contribution in [0.2, 0.25) is 0 Å². The summed E-state index contributed by atoms with van der Waals surface area (Å²) in [7, 11) is 1.53. The average Bonchev–Trinajstić information content (AvgIpc) is 2.95. The second-order valence-electron chi connectivity index (χ2n) is 4.54. The number of urea groups is 1. The molecule has 7 nitrogen and oxygen atoms in total. The zero-order chi connectivity index (χ0) is 15.5. The van der Waals surface area contributed by atoms with E-state index in [1.807, 2.05) is 18.2 Å². The molecule has 0 spiro atoms. The van der Waals surface area contributed by atoms with Gasteiger partial charge < -0.3 is 5.32 Å². The van der Waals surface area contributed by atoms with Crippen LogP contribution in [0.4, 0.5) is 10.6 Å². The fraction of sp³-hybridized carbons (Fsp3) is 0.0667. The second-order valence-corrected chi connectivity index (χ2v) is 4.54. The molecule has 0 radical (unpaired) electrons. The monoisotopic (exact) mass is 292 g/mol. The van der Waals surface area contributed by atoms with Crippen LogP contribution in [-0.4, -0.2) is 27.7 Å². The van der Waals surface area contributed by atoms with Crippen LogP contribution < -0.4 is 10.6 Å². The molecular formula is C15H12N6O. The largest absolute Gasteiger partial charge is 0.341 e. The average molecular weight is 292 g/mol. The van der Waals surface area contributed by atoms with Crippen molar-refractivity contribution < 1.29 is 4.79 Å². The highest BCUT2D eigenvalue weighted by atomic mass is 16.2. The molecule has 0 aliphatic heterocycles. The molecule has 3 aromatic rings. The van der Waals surface area contributed by atoms with Crippen LogP contribution in [0.15, 0.2) is 42.6 Å². The molecule has 1 aromatic carbocycles. The van der Waals surface area contributed by atoms with Gasteiger partial charge in [-0.3, -0.25) is 5.32 Å². The number of aromatic nitrogens is 3. The number of carbonyl (C=O) groups is 1. The van der Waals surface area contributed by atoms with E-state index >= 15 is 0 Å². The van der Waals surface area contributed by atoms with Crippen LogP contribution in [0.5, 0.6) is 0 Å². The van der Waals surface area contributed by atoms with Crippen molar-refractivity contribution in [2.45, 2.75) is 0 Å². The van der Waals surface area contributed by atoms with Crippen molar-refractivity contribution >= 4 is 17.5 Å². The molecule has 3 rings (SSSR count). The van der Waals surface area contributed by atoms with Crippen molar-refractivity contribution in [1.29, 1.82) is 5.26 Å². The van der Waals surface area contributed by atoms with E-state index in [9.17, 15) is 4.79 Å². The quantitative estimate of drug-likeness (QED) is 0.755. The number of rotatable bonds is 2. The lowest BCUT2D eigenvalue weighted by Crippen LogP contribution is -2.24. The summed E-state index contributed by atoms with van der Waals surface area (Å²) in [6.07, 6.45) is 1.63. The first-order valence-electron chi connectivity index (χ1n) is 6.55. The maximum absolute atomic E-state index is 11.3. The van der Waals surface area contributed by atoms with E-state index < -0.39 is 0 Å². The topological polar surface area (TPSA) is 95.1 Å².